The molecular weight excluding hydrogens is 192 g/mol. The van der Waals surface area contributed by atoms with Gasteiger partial charge in [-0.25, -0.2) is 4.21 Å². The molecule has 0 aromatic heterocycles. The average Bonchev–Trinajstić information content (AvgIpc) is 2.15. The number of para-hydroxylation sites is 1. The zero-order chi connectivity index (χ0) is 9.42. The Balaban J connectivity index is 2.55. The second kappa shape index (κ2) is 2.82. The lowest BCUT2D eigenvalue weighted by Gasteiger charge is -2.21. The fourth-order valence-corrected chi connectivity index (χ4v) is 1.78. The highest BCUT2D eigenvalue weighted by atomic mass is 32.2. The van der Waals surface area contributed by atoms with Gasteiger partial charge < -0.3 is 0 Å². The summed E-state index contributed by atoms with van der Waals surface area (Å²) >= 11 is -1.89. The second-order valence-corrected chi connectivity index (χ2v) is 3.52. The van der Waals surface area contributed by atoms with Crippen molar-refractivity contribution in [3.63, 3.8) is 0 Å². The first-order chi connectivity index (χ1) is 6.20. The quantitative estimate of drug-likeness (QED) is 0.597. The van der Waals surface area contributed by atoms with Gasteiger partial charge in [-0.1, -0.05) is 12.1 Å². The third-order valence-electron chi connectivity index (χ3n) is 1.69. The predicted octanol–water partition coefficient (Wildman–Crippen LogP) is 0.522. The van der Waals surface area contributed by atoms with Gasteiger partial charge in [0.15, 0.2) is 0 Å². The first-order valence-corrected chi connectivity index (χ1v) is 4.62. The number of anilines is 1. The number of carbonyl (C=O) groups excluding carboxylic acids is 1. The van der Waals surface area contributed by atoms with Crippen LogP contribution in [-0.2, 0) is 11.2 Å². The van der Waals surface area contributed by atoms with Crippen molar-refractivity contribution in [1.82, 2.24) is 4.47 Å². The monoisotopic (exact) mass is 198 g/mol. The minimum Gasteiger partial charge on any atom is -0.285 e. The molecule has 1 atom stereocenters. The van der Waals surface area contributed by atoms with E-state index in [0.29, 0.717) is 11.3 Å². The summed E-state index contributed by atoms with van der Waals surface area (Å²) in [5.74, 6) is -0.660. The van der Waals surface area contributed by atoms with Crippen LogP contribution in [0, 0.1) is 0 Å². The van der Waals surface area contributed by atoms with E-state index >= 15 is 0 Å². The van der Waals surface area contributed by atoms with Gasteiger partial charge in [0.25, 0.3) is 17.1 Å². The Morgan fingerprint density at radius 1 is 1.38 bits per heavy atom. The summed E-state index contributed by atoms with van der Waals surface area (Å²) in [6.07, 6.45) is 0. The largest absolute Gasteiger partial charge is 0.293 e. The summed E-state index contributed by atoms with van der Waals surface area (Å²) in [5, 5.41) is 9.01. The van der Waals surface area contributed by atoms with Crippen molar-refractivity contribution in [3.8, 4) is 0 Å². The molecule has 0 saturated heterocycles. The Bertz CT molecular complexity index is 393. The molecule has 1 heterocycles. The number of benzene rings is 1. The molecule has 0 aliphatic carbocycles. The molecule has 68 valence electrons. The normalized spacial score (nSPS) is 20.8. The van der Waals surface area contributed by atoms with E-state index in [0.717, 1.165) is 0 Å². The van der Waals surface area contributed by atoms with Gasteiger partial charge in [-0.2, -0.15) is 0 Å². The second-order valence-electron chi connectivity index (χ2n) is 2.47. The number of fused-ring (bicyclic) bond motifs is 1. The highest BCUT2D eigenvalue weighted by Crippen LogP contribution is 2.22. The van der Waals surface area contributed by atoms with Crippen LogP contribution < -0.4 is 4.72 Å². The van der Waals surface area contributed by atoms with Gasteiger partial charge in [0.1, 0.15) is 0 Å². The van der Waals surface area contributed by atoms with E-state index in [1.807, 2.05) is 0 Å². The molecule has 6 heteroatoms. The van der Waals surface area contributed by atoms with Crippen LogP contribution in [0.15, 0.2) is 24.3 Å². The van der Waals surface area contributed by atoms with E-state index in [9.17, 15) is 9.00 Å². The van der Waals surface area contributed by atoms with Crippen LogP contribution in [0.25, 0.3) is 0 Å². The fourth-order valence-electron chi connectivity index (χ4n) is 1.07. The topological polar surface area (TPSA) is 69.6 Å². The third kappa shape index (κ3) is 1.20. The third-order valence-corrected chi connectivity index (χ3v) is 2.56. The van der Waals surface area contributed by atoms with E-state index in [1.165, 1.54) is 0 Å². The molecule has 1 unspecified atom stereocenters. The van der Waals surface area contributed by atoms with Gasteiger partial charge >= 0.3 is 0 Å². The lowest BCUT2D eigenvalue weighted by atomic mass is 10.2. The molecule has 2 N–H and O–H groups in total. The van der Waals surface area contributed by atoms with Crippen molar-refractivity contribution in [2.75, 3.05) is 4.72 Å². The van der Waals surface area contributed by atoms with E-state index in [1.54, 1.807) is 24.3 Å². The first kappa shape index (κ1) is 8.21. The van der Waals surface area contributed by atoms with Gasteiger partial charge in [0.2, 0.25) is 0 Å². The molecule has 1 amide bonds. The van der Waals surface area contributed by atoms with Crippen LogP contribution in [0.4, 0.5) is 5.69 Å². The zero-order valence-corrected chi connectivity index (χ0v) is 7.25. The van der Waals surface area contributed by atoms with Crippen LogP contribution in [0.3, 0.4) is 0 Å². The van der Waals surface area contributed by atoms with Crippen molar-refractivity contribution in [2.24, 2.45) is 0 Å². The van der Waals surface area contributed by atoms with Gasteiger partial charge in [-0.05, 0) is 12.1 Å². The summed E-state index contributed by atoms with van der Waals surface area (Å²) in [4.78, 5) is 11.3. The molecule has 1 aliphatic heterocycles. The molecule has 1 aliphatic rings. The molecule has 1 aromatic rings. The van der Waals surface area contributed by atoms with Crippen LogP contribution in [0.1, 0.15) is 10.4 Å². The molecule has 0 fully saturated rings. The molecular formula is C7H6N2O3S. The molecule has 13 heavy (non-hydrogen) atoms. The Morgan fingerprint density at radius 2 is 2.08 bits per heavy atom. The summed E-state index contributed by atoms with van der Waals surface area (Å²) in [6.45, 7) is 0. The number of hydrogen-bond donors (Lipinski definition) is 2. The van der Waals surface area contributed by atoms with E-state index in [4.69, 9.17) is 5.21 Å². The highest BCUT2D eigenvalue weighted by Gasteiger charge is 2.28. The maximum absolute atomic E-state index is 11.3. The number of nitrogens with one attached hydrogen (secondary N) is 1. The average molecular weight is 198 g/mol. The van der Waals surface area contributed by atoms with Crippen molar-refractivity contribution < 1.29 is 14.2 Å². The number of hydroxylamine groups is 1. The SMILES string of the molecule is O=C1c2ccccc2NS(=O)N1O. The van der Waals surface area contributed by atoms with Crippen molar-refractivity contribution >= 4 is 22.8 Å². The van der Waals surface area contributed by atoms with Crippen molar-refractivity contribution in [1.29, 1.82) is 0 Å². The summed E-state index contributed by atoms with van der Waals surface area (Å²) in [6, 6.07) is 6.55. The van der Waals surface area contributed by atoms with Crippen LogP contribution in [0.5, 0.6) is 0 Å². The van der Waals surface area contributed by atoms with Crippen LogP contribution in [0.2, 0.25) is 0 Å². The van der Waals surface area contributed by atoms with Crippen molar-refractivity contribution in [2.45, 2.75) is 0 Å². The highest BCUT2D eigenvalue weighted by molar-refractivity contribution is 7.84. The minimum atomic E-state index is -1.89. The first-order valence-electron chi connectivity index (χ1n) is 3.51. The van der Waals surface area contributed by atoms with Gasteiger partial charge in [0, 0.05) is 0 Å². The molecule has 0 radical (unpaired) electrons. The Hall–Kier alpha value is -1.40. The van der Waals surface area contributed by atoms with Gasteiger partial charge in [-0.15, -0.1) is 4.47 Å². The smallest absolute Gasteiger partial charge is 0.285 e. The van der Waals surface area contributed by atoms with E-state index in [2.05, 4.69) is 4.72 Å². The Labute approximate surface area is 76.7 Å². The van der Waals surface area contributed by atoms with Crippen LogP contribution >= 0.6 is 0 Å². The van der Waals surface area contributed by atoms with E-state index in [-0.39, 0.29) is 4.47 Å². The summed E-state index contributed by atoms with van der Waals surface area (Å²) in [5.41, 5.74) is 0.778. The summed E-state index contributed by atoms with van der Waals surface area (Å²) in [7, 11) is 0. The molecule has 0 saturated carbocycles. The molecule has 1 aromatic carbocycles. The number of hydrogen-bond acceptors (Lipinski definition) is 3. The fraction of sp³-hybridized carbons (Fsp3) is 0. The lowest BCUT2D eigenvalue weighted by molar-refractivity contribution is 0.0114. The molecule has 5 nitrogen and oxygen atoms in total. The lowest BCUT2D eigenvalue weighted by Crippen LogP contribution is -2.37. The minimum absolute atomic E-state index is 0.169. The molecule has 0 bridgehead atoms. The Kier molecular flexibility index (Phi) is 1.78. The predicted molar refractivity (Wildman–Crippen MR) is 46.2 cm³/mol. The summed E-state index contributed by atoms with van der Waals surface area (Å²) < 4.78 is 13.7. The van der Waals surface area contributed by atoms with Crippen molar-refractivity contribution in [3.05, 3.63) is 29.8 Å². The number of amides is 1. The maximum atomic E-state index is 11.3. The van der Waals surface area contributed by atoms with Crippen LogP contribution in [-0.4, -0.2) is 19.8 Å². The van der Waals surface area contributed by atoms with Gasteiger partial charge in [-0.3, -0.25) is 14.7 Å². The van der Waals surface area contributed by atoms with Gasteiger partial charge in [0.05, 0.1) is 11.3 Å². The number of carbonyl (C=O) groups is 1. The standard InChI is InChI=1S/C7H6N2O3S/c10-7-5-3-1-2-4-6(5)8-13(12)9(7)11/h1-4,8,11H. The zero-order valence-electron chi connectivity index (χ0n) is 6.43. The Morgan fingerprint density at radius 3 is 2.85 bits per heavy atom. The number of rotatable bonds is 0. The molecule has 0 spiro atoms. The number of nitrogens with zero attached hydrogens (tertiary/aromatic N) is 1. The molecule has 2 rings (SSSR count). The maximum Gasteiger partial charge on any atom is 0.293 e. The van der Waals surface area contributed by atoms with E-state index < -0.39 is 17.1 Å².